The molecule has 0 saturated carbocycles. The normalized spacial score (nSPS) is 11.4. The van der Waals surface area contributed by atoms with Crippen molar-refractivity contribution in [2.45, 2.75) is 19.6 Å². The highest BCUT2D eigenvalue weighted by molar-refractivity contribution is 5.92. The minimum absolute atomic E-state index is 0.0551. The van der Waals surface area contributed by atoms with Gasteiger partial charge >= 0.3 is 13.2 Å². The molecule has 5 nitrogen and oxygen atoms in total. The summed E-state index contributed by atoms with van der Waals surface area (Å²) in [5, 5.41) is 2.50. The minimum Gasteiger partial charge on any atom is -0.434 e. The lowest BCUT2D eigenvalue weighted by Crippen LogP contribution is -2.24. The van der Waals surface area contributed by atoms with Crippen LogP contribution in [0.5, 0.6) is 5.75 Å². The lowest BCUT2D eigenvalue weighted by atomic mass is 10.2. The van der Waals surface area contributed by atoms with Crippen LogP contribution in [0.4, 0.5) is 17.6 Å². The quantitative estimate of drug-likeness (QED) is 0.583. The van der Waals surface area contributed by atoms with Crippen LogP contribution in [0.15, 0.2) is 42.7 Å². The SMILES string of the molecule is O=C(/C=C/c1ccccc1OC(F)F)NCCc1nccn1C(F)F. The van der Waals surface area contributed by atoms with Gasteiger partial charge in [-0.25, -0.2) is 4.98 Å². The lowest BCUT2D eigenvalue weighted by molar-refractivity contribution is -0.116. The molecule has 0 spiro atoms. The van der Waals surface area contributed by atoms with Crippen LogP contribution < -0.4 is 10.1 Å². The lowest BCUT2D eigenvalue weighted by Gasteiger charge is -2.07. The van der Waals surface area contributed by atoms with E-state index in [2.05, 4.69) is 15.0 Å². The number of carbonyl (C=O) groups excluding carboxylic acids is 1. The maximum Gasteiger partial charge on any atom is 0.387 e. The molecule has 134 valence electrons. The second-order valence-corrected chi connectivity index (χ2v) is 4.82. The molecule has 0 aliphatic rings. The van der Waals surface area contributed by atoms with Crippen molar-refractivity contribution in [1.29, 1.82) is 0 Å². The molecule has 1 aromatic carbocycles. The summed E-state index contributed by atoms with van der Waals surface area (Å²) >= 11 is 0. The number of alkyl halides is 4. The average molecular weight is 357 g/mol. The van der Waals surface area contributed by atoms with Gasteiger partial charge in [0, 0.05) is 37.0 Å². The van der Waals surface area contributed by atoms with E-state index in [9.17, 15) is 22.4 Å². The number of nitrogens with zero attached hydrogens (tertiary/aromatic N) is 2. The zero-order valence-corrected chi connectivity index (χ0v) is 12.9. The van der Waals surface area contributed by atoms with Gasteiger partial charge in [-0.05, 0) is 12.1 Å². The zero-order valence-electron chi connectivity index (χ0n) is 12.9. The third-order valence-electron chi connectivity index (χ3n) is 3.16. The van der Waals surface area contributed by atoms with E-state index in [4.69, 9.17) is 0 Å². The van der Waals surface area contributed by atoms with E-state index in [1.54, 1.807) is 6.07 Å². The van der Waals surface area contributed by atoms with E-state index in [-0.39, 0.29) is 24.5 Å². The molecule has 0 saturated heterocycles. The number of rotatable bonds is 8. The Balaban J connectivity index is 1.88. The molecular weight excluding hydrogens is 342 g/mol. The molecule has 0 aliphatic carbocycles. The van der Waals surface area contributed by atoms with Gasteiger partial charge in [0.05, 0.1) is 0 Å². The van der Waals surface area contributed by atoms with Crippen LogP contribution in [-0.4, -0.2) is 28.6 Å². The van der Waals surface area contributed by atoms with Gasteiger partial charge in [0.25, 0.3) is 0 Å². The zero-order chi connectivity index (χ0) is 18.2. The molecule has 0 bridgehead atoms. The average Bonchev–Trinajstić information content (AvgIpc) is 3.02. The number of benzene rings is 1. The first-order valence-electron chi connectivity index (χ1n) is 7.27. The smallest absolute Gasteiger partial charge is 0.387 e. The Morgan fingerprint density at radius 1 is 1.28 bits per heavy atom. The van der Waals surface area contributed by atoms with E-state index in [1.165, 1.54) is 30.5 Å². The van der Waals surface area contributed by atoms with Crippen molar-refractivity contribution >= 4 is 12.0 Å². The first kappa shape index (κ1) is 18.5. The molecule has 0 aliphatic heterocycles. The van der Waals surface area contributed by atoms with Crippen LogP contribution in [0.3, 0.4) is 0 Å². The highest BCUT2D eigenvalue weighted by Gasteiger charge is 2.11. The van der Waals surface area contributed by atoms with E-state index >= 15 is 0 Å². The third-order valence-corrected chi connectivity index (χ3v) is 3.16. The van der Waals surface area contributed by atoms with Gasteiger partial charge in [-0.2, -0.15) is 17.6 Å². The number of para-hydroxylation sites is 1. The predicted molar refractivity (Wildman–Crippen MR) is 82.3 cm³/mol. The second kappa shape index (κ2) is 8.86. The van der Waals surface area contributed by atoms with Crippen LogP contribution >= 0.6 is 0 Å². The summed E-state index contributed by atoms with van der Waals surface area (Å²) in [6, 6.07) is 6.01. The van der Waals surface area contributed by atoms with Gasteiger partial charge in [0.2, 0.25) is 5.91 Å². The Bertz CT molecular complexity index is 732. The number of carbonyl (C=O) groups is 1. The van der Waals surface area contributed by atoms with E-state index < -0.39 is 19.1 Å². The highest BCUT2D eigenvalue weighted by Crippen LogP contribution is 2.21. The first-order chi connectivity index (χ1) is 12.0. The topological polar surface area (TPSA) is 56.1 Å². The Morgan fingerprint density at radius 3 is 2.76 bits per heavy atom. The fourth-order valence-electron chi connectivity index (χ4n) is 2.06. The van der Waals surface area contributed by atoms with Gasteiger partial charge in [-0.3, -0.25) is 9.36 Å². The van der Waals surface area contributed by atoms with Crippen LogP contribution in [-0.2, 0) is 11.2 Å². The summed E-state index contributed by atoms with van der Waals surface area (Å²) in [6.45, 7) is -5.57. The highest BCUT2D eigenvalue weighted by atomic mass is 19.3. The van der Waals surface area contributed by atoms with Gasteiger partial charge in [0.15, 0.2) is 0 Å². The number of aromatic nitrogens is 2. The Labute approximate surface area is 140 Å². The second-order valence-electron chi connectivity index (χ2n) is 4.82. The summed E-state index contributed by atoms with van der Waals surface area (Å²) in [5.41, 5.74) is 0.311. The maximum atomic E-state index is 12.6. The number of halogens is 4. The molecule has 1 N–H and O–H groups in total. The van der Waals surface area contributed by atoms with Crippen molar-refractivity contribution in [2.24, 2.45) is 0 Å². The van der Waals surface area contributed by atoms with E-state index in [0.717, 1.165) is 12.3 Å². The van der Waals surface area contributed by atoms with Crippen LogP contribution in [0.1, 0.15) is 17.9 Å². The van der Waals surface area contributed by atoms with Crippen molar-refractivity contribution < 1.29 is 27.1 Å². The summed E-state index contributed by atoms with van der Waals surface area (Å²) in [5.74, 6) is -0.405. The molecule has 2 rings (SSSR count). The molecule has 1 amide bonds. The van der Waals surface area contributed by atoms with Crippen LogP contribution in [0.25, 0.3) is 6.08 Å². The number of amides is 1. The molecule has 1 aromatic heterocycles. The number of hydrogen-bond acceptors (Lipinski definition) is 3. The Hall–Kier alpha value is -2.84. The molecule has 0 unspecified atom stereocenters. The van der Waals surface area contributed by atoms with Gasteiger partial charge < -0.3 is 10.1 Å². The fourth-order valence-corrected chi connectivity index (χ4v) is 2.06. The van der Waals surface area contributed by atoms with Crippen molar-refractivity contribution in [3.05, 3.63) is 54.1 Å². The van der Waals surface area contributed by atoms with Crippen molar-refractivity contribution in [3.63, 3.8) is 0 Å². The molecule has 0 radical (unpaired) electrons. The van der Waals surface area contributed by atoms with Crippen LogP contribution in [0, 0.1) is 0 Å². The summed E-state index contributed by atoms with van der Waals surface area (Å²) < 4.78 is 54.9. The van der Waals surface area contributed by atoms with Crippen molar-refractivity contribution in [2.75, 3.05) is 6.54 Å². The first-order valence-corrected chi connectivity index (χ1v) is 7.27. The monoisotopic (exact) mass is 357 g/mol. The van der Waals surface area contributed by atoms with Gasteiger partial charge in [-0.1, -0.05) is 18.2 Å². The molecule has 2 aromatic rings. The van der Waals surface area contributed by atoms with Gasteiger partial charge in [-0.15, -0.1) is 0 Å². The molecule has 9 heteroatoms. The predicted octanol–water partition coefficient (Wildman–Crippen LogP) is 3.25. The maximum absolute atomic E-state index is 12.6. The van der Waals surface area contributed by atoms with Crippen molar-refractivity contribution in [3.8, 4) is 5.75 Å². The minimum atomic E-state index is -2.97. The number of nitrogens with one attached hydrogen (secondary N) is 1. The summed E-state index contributed by atoms with van der Waals surface area (Å²) in [4.78, 5) is 15.5. The van der Waals surface area contributed by atoms with Crippen molar-refractivity contribution in [1.82, 2.24) is 14.9 Å². The van der Waals surface area contributed by atoms with E-state index in [0.29, 0.717) is 10.1 Å². The van der Waals surface area contributed by atoms with E-state index in [1.807, 2.05) is 0 Å². The molecule has 25 heavy (non-hydrogen) atoms. The number of hydrogen-bond donors (Lipinski definition) is 1. The third kappa shape index (κ3) is 5.63. The standard InChI is InChI=1S/C16H15F4N3O2/c17-15(18)23-10-9-21-13(23)7-8-22-14(24)6-5-11-3-1-2-4-12(11)25-16(19)20/h1-6,9-10,15-16H,7-8H2,(H,22,24)/b6-5+. The largest absolute Gasteiger partial charge is 0.434 e. The summed E-state index contributed by atoms with van der Waals surface area (Å²) in [7, 11) is 0. The number of imidazole rings is 1. The fraction of sp³-hybridized carbons (Fsp3) is 0.250. The number of ether oxygens (including phenoxy) is 1. The Morgan fingerprint density at radius 2 is 2.04 bits per heavy atom. The molecule has 0 fully saturated rings. The molecular formula is C16H15F4N3O2. The summed E-state index contributed by atoms with van der Waals surface area (Å²) in [6.07, 6.45) is 5.01. The Kier molecular flexibility index (Phi) is 6.55. The van der Waals surface area contributed by atoms with Gasteiger partial charge in [0.1, 0.15) is 11.6 Å². The molecule has 0 atom stereocenters. The van der Waals surface area contributed by atoms with Crippen LogP contribution in [0.2, 0.25) is 0 Å². The molecule has 1 heterocycles.